The van der Waals surface area contributed by atoms with Gasteiger partial charge in [-0.2, -0.15) is 0 Å². The van der Waals surface area contributed by atoms with Gasteiger partial charge in [-0.1, -0.05) is 49.1 Å². The fraction of sp³-hybridized carbons (Fsp3) is 0.214. The zero-order chi connectivity index (χ0) is 12.0. The second kappa shape index (κ2) is 5.42. The summed E-state index contributed by atoms with van der Waals surface area (Å²) in [5.74, 6) is 0. The first kappa shape index (κ1) is 12.4. The molecular formula is C14H16O2. The minimum Gasteiger partial charge on any atom is -0.362 e. The van der Waals surface area contributed by atoms with Gasteiger partial charge >= 0.3 is 0 Å². The fourth-order valence-electron chi connectivity index (χ4n) is 1.70. The van der Waals surface area contributed by atoms with Crippen LogP contribution in [0.1, 0.15) is 12.5 Å². The van der Waals surface area contributed by atoms with Crippen LogP contribution in [0.4, 0.5) is 0 Å². The Kier molecular flexibility index (Phi) is 4.20. The van der Waals surface area contributed by atoms with E-state index in [1.54, 1.807) is 12.2 Å². The van der Waals surface area contributed by atoms with E-state index in [-0.39, 0.29) is 0 Å². The molecule has 0 amide bonds. The molecule has 84 valence electrons. The number of hydrogen-bond acceptors (Lipinski definition) is 2. The lowest BCUT2D eigenvalue weighted by atomic mass is 9.87. The van der Waals surface area contributed by atoms with E-state index < -0.39 is 5.60 Å². The van der Waals surface area contributed by atoms with Crippen LogP contribution < -0.4 is 0 Å². The molecule has 0 fully saturated rings. The molecule has 0 aliphatic carbocycles. The van der Waals surface area contributed by atoms with Crippen LogP contribution in [0.3, 0.4) is 0 Å². The molecule has 1 aromatic rings. The number of ether oxygens (including phenoxy) is 1. The first-order valence-electron chi connectivity index (χ1n) is 5.08. The number of hydrogen-bond donors (Lipinski definition) is 0. The Morgan fingerprint density at radius 1 is 1.38 bits per heavy atom. The lowest BCUT2D eigenvalue weighted by Crippen LogP contribution is -2.31. The highest BCUT2D eigenvalue weighted by Crippen LogP contribution is 2.30. The molecule has 1 unspecified atom stereocenters. The molecule has 1 atom stereocenters. The maximum absolute atomic E-state index is 11.4. The number of aldehydes is 1. The summed E-state index contributed by atoms with van der Waals surface area (Å²) < 4.78 is 5.40. The topological polar surface area (TPSA) is 26.3 Å². The van der Waals surface area contributed by atoms with Crippen LogP contribution in [-0.2, 0) is 15.1 Å². The highest BCUT2D eigenvalue weighted by molar-refractivity contribution is 5.72. The van der Waals surface area contributed by atoms with Crippen LogP contribution in [0.15, 0.2) is 54.6 Å². The van der Waals surface area contributed by atoms with Crippen LogP contribution in [0.2, 0.25) is 0 Å². The van der Waals surface area contributed by atoms with Crippen LogP contribution in [0, 0.1) is 0 Å². The van der Waals surface area contributed by atoms with Crippen molar-refractivity contribution in [2.24, 2.45) is 0 Å². The Bertz CT molecular complexity index is 392. The molecule has 2 heteroatoms. The first-order chi connectivity index (χ1) is 7.71. The van der Waals surface area contributed by atoms with Crippen molar-refractivity contribution in [3.8, 4) is 0 Å². The normalized spacial score (nSPS) is 15.2. The van der Waals surface area contributed by atoms with Crippen LogP contribution >= 0.6 is 0 Å². The van der Waals surface area contributed by atoms with Gasteiger partial charge in [0.25, 0.3) is 0 Å². The van der Waals surface area contributed by atoms with E-state index in [1.165, 1.54) is 7.11 Å². The van der Waals surface area contributed by atoms with Crippen molar-refractivity contribution >= 4 is 6.29 Å². The Labute approximate surface area is 96.2 Å². The van der Waals surface area contributed by atoms with Crippen molar-refractivity contribution < 1.29 is 9.53 Å². The van der Waals surface area contributed by atoms with Crippen molar-refractivity contribution in [2.45, 2.75) is 12.5 Å². The average molecular weight is 216 g/mol. The molecule has 0 saturated heterocycles. The van der Waals surface area contributed by atoms with Crippen molar-refractivity contribution in [3.63, 3.8) is 0 Å². The van der Waals surface area contributed by atoms with Gasteiger partial charge in [0, 0.05) is 7.11 Å². The predicted molar refractivity (Wildman–Crippen MR) is 65.1 cm³/mol. The number of carbonyl (C=O) groups excluding carboxylic acids is 1. The van der Waals surface area contributed by atoms with Crippen LogP contribution in [0.25, 0.3) is 0 Å². The summed E-state index contributed by atoms with van der Waals surface area (Å²) in [4.78, 5) is 11.4. The minimum absolute atomic E-state index is 0.811. The zero-order valence-corrected chi connectivity index (χ0v) is 9.64. The Balaban J connectivity index is 3.32. The molecule has 0 N–H and O–H groups in total. The highest BCUT2D eigenvalue weighted by Gasteiger charge is 2.33. The van der Waals surface area contributed by atoms with Gasteiger partial charge in [-0.25, -0.2) is 0 Å². The largest absolute Gasteiger partial charge is 0.362 e. The molecule has 0 bridgehead atoms. The number of benzene rings is 1. The summed E-state index contributed by atoms with van der Waals surface area (Å²) >= 11 is 0. The van der Waals surface area contributed by atoms with Gasteiger partial charge < -0.3 is 4.74 Å². The summed E-state index contributed by atoms with van der Waals surface area (Å²) in [6.07, 6.45) is 4.25. The van der Waals surface area contributed by atoms with Gasteiger partial charge in [-0.15, -0.1) is 0 Å². The smallest absolute Gasteiger partial charge is 0.169 e. The van der Waals surface area contributed by atoms with Gasteiger partial charge in [0.1, 0.15) is 0 Å². The summed E-state index contributed by atoms with van der Waals surface area (Å²) in [6, 6.07) is 9.42. The second-order valence-corrected chi connectivity index (χ2v) is 3.51. The van der Waals surface area contributed by atoms with E-state index in [9.17, 15) is 4.79 Å². The third kappa shape index (κ3) is 2.12. The lowest BCUT2D eigenvalue weighted by molar-refractivity contribution is -0.124. The van der Waals surface area contributed by atoms with Crippen LogP contribution in [0.5, 0.6) is 0 Å². The maximum atomic E-state index is 11.4. The van der Waals surface area contributed by atoms with Crippen molar-refractivity contribution in [1.82, 2.24) is 0 Å². The molecule has 1 aromatic carbocycles. The van der Waals surface area contributed by atoms with Crippen molar-refractivity contribution in [2.75, 3.05) is 7.11 Å². The molecular weight excluding hydrogens is 200 g/mol. The zero-order valence-electron chi connectivity index (χ0n) is 9.64. The Morgan fingerprint density at radius 3 is 2.44 bits per heavy atom. The molecule has 0 heterocycles. The Hall–Kier alpha value is -1.67. The molecule has 0 aliphatic heterocycles. The van der Waals surface area contributed by atoms with E-state index in [0.717, 1.165) is 17.4 Å². The highest BCUT2D eigenvalue weighted by atomic mass is 16.5. The molecule has 0 radical (unpaired) electrons. The second-order valence-electron chi connectivity index (χ2n) is 3.51. The minimum atomic E-state index is -1.00. The summed E-state index contributed by atoms with van der Waals surface area (Å²) in [5, 5.41) is 0. The molecule has 0 aliphatic rings. The predicted octanol–water partition coefficient (Wildman–Crippen LogP) is 2.86. The molecule has 0 aromatic heterocycles. The van der Waals surface area contributed by atoms with E-state index in [0.29, 0.717) is 0 Å². The number of methoxy groups -OCH3 is 1. The lowest BCUT2D eigenvalue weighted by Gasteiger charge is -2.28. The summed E-state index contributed by atoms with van der Waals surface area (Å²) in [6.45, 7) is 5.48. The monoisotopic (exact) mass is 216 g/mol. The summed E-state index contributed by atoms with van der Waals surface area (Å²) in [7, 11) is 1.53. The van der Waals surface area contributed by atoms with Gasteiger partial charge in [-0.3, -0.25) is 4.79 Å². The van der Waals surface area contributed by atoms with E-state index in [2.05, 4.69) is 6.58 Å². The van der Waals surface area contributed by atoms with E-state index in [1.807, 2.05) is 37.3 Å². The van der Waals surface area contributed by atoms with Crippen molar-refractivity contribution in [1.29, 1.82) is 0 Å². The fourth-order valence-corrected chi connectivity index (χ4v) is 1.70. The van der Waals surface area contributed by atoms with Crippen LogP contribution in [-0.4, -0.2) is 13.4 Å². The maximum Gasteiger partial charge on any atom is 0.169 e. The SMILES string of the molecule is C=C/C=C(\C)C(C=O)(OC)c1ccccc1. The quantitative estimate of drug-likeness (QED) is 0.559. The number of carbonyl (C=O) groups is 1. The molecule has 0 spiro atoms. The standard InChI is InChI=1S/C14H16O2/c1-4-8-12(2)14(11-15,16-3)13-9-6-5-7-10-13/h4-11H,1H2,2-3H3/b12-8+. The number of rotatable bonds is 5. The van der Waals surface area contributed by atoms with Gasteiger partial charge in [0.05, 0.1) is 0 Å². The molecule has 0 saturated carbocycles. The average Bonchev–Trinajstić information content (AvgIpc) is 2.33. The van der Waals surface area contributed by atoms with E-state index >= 15 is 0 Å². The van der Waals surface area contributed by atoms with E-state index in [4.69, 9.17) is 4.74 Å². The Morgan fingerprint density at radius 2 is 2.00 bits per heavy atom. The van der Waals surface area contributed by atoms with Gasteiger partial charge in [0.2, 0.25) is 0 Å². The third-order valence-electron chi connectivity index (χ3n) is 2.64. The van der Waals surface area contributed by atoms with Crippen molar-refractivity contribution in [3.05, 3.63) is 60.2 Å². The molecule has 1 rings (SSSR count). The molecule has 16 heavy (non-hydrogen) atoms. The van der Waals surface area contributed by atoms with Gasteiger partial charge in [-0.05, 0) is 18.1 Å². The third-order valence-corrected chi connectivity index (χ3v) is 2.64. The first-order valence-corrected chi connectivity index (χ1v) is 5.08. The van der Waals surface area contributed by atoms with Gasteiger partial charge in [0.15, 0.2) is 11.9 Å². The molecule has 2 nitrogen and oxygen atoms in total. The number of allylic oxidation sites excluding steroid dienone is 2. The summed E-state index contributed by atoms with van der Waals surface area (Å²) in [5.41, 5.74) is 0.629.